The summed E-state index contributed by atoms with van der Waals surface area (Å²) in [6.45, 7) is 2.15. The molecule has 4 heteroatoms. The minimum absolute atomic E-state index is 0.0306. The zero-order valence-corrected chi connectivity index (χ0v) is 9.55. The third-order valence-corrected chi connectivity index (χ3v) is 3.35. The van der Waals surface area contributed by atoms with Gasteiger partial charge in [0.15, 0.2) is 5.78 Å². The quantitative estimate of drug-likeness (QED) is 0.723. The summed E-state index contributed by atoms with van der Waals surface area (Å²) in [5.74, 6) is 0.0655. The maximum absolute atomic E-state index is 11.9. The number of carbonyl (C=O) groups is 2. The molecule has 0 radical (unpaired) electrons. The van der Waals surface area contributed by atoms with Gasteiger partial charge >= 0.3 is 0 Å². The minimum Gasteiger partial charge on any atom is -0.363 e. The number of Topliss-reactive ketones (excluding diaryl/α,β-unsaturated/α-hetero) is 1. The molecule has 0 spiro atoms. The number of nitrogens with zero attached hydrogens (tertiary/aromatic N) is 1. The lowest BCUT2D eigenvalue weighted by atomic mass is 9.97. The van der Waals surface area contributed by atoms with Crippen molar-refractivity contribution in [3.63, 3.8) is 0 Å². The van der Waals surface area contributed by atoms with Crippen LogP contribution in [0.3, 0.4) is 0 Å². The smallest absolute Gasteiger partial charge is 0.256 e. The van der Waals surface area contributed by atoms with E-state index in [4.69, 9.17) is 4.74 Å². The second-order valence-electron chi connectivity index (χ2n) is 4.53. The lowest BCUT2D eigenvalue weighted by molar-refractivity contribution is -0.169. The highest BCUT2D eigenvalue weighted by molar-refractivity contribution is 5.99. The van der Waals surface area contributed by atoms with E-state index in [9.17, 15) is 9.59 Å². The number of ether oxygens (including phenoxy) is 1. The number of hydrogen-bond acceptors (Lipinski definition) is 3. The number of rotatable bonds is 2. The number of morpholine rings is 1. The van der Waals surface area contributed by atoms with Crippen LogP contribution in [0.25, 0.3) is 0 Å². The van der Waals surface area contributed by atoms with Crippen LogP contribution in [0, 0.1) is 0 Å². The maximum Gasteiger partial charge on any atom is 0.256 e. The number of amides is 1. The third kappa shape index (κ3) is 1.65. The first-order valence-electron chi connectivity index (χ1n) is 5.73. The molecule has 1 amide bonds. The van der Waals surface area contributed by atoms with Crippen LogP contribution >= 0.6 is 0 Å². The van der Waals surface area contributed by atoms with Crippen molar-refractivity contribution in [2.75, 3.05) is 11.4 Å². The van der Waals surface area contributed by atoms with Crippen molar-refractivity contribution in [1.29, 1.82) is 0 Å². The van der Waals surface area contributed by atoms with Gasteiger partial charge < -0.3 is 9.64 Å². The Morgan fingerprint density at radius 1 is 1.35 bits per heavy atom. The Balaban J connectivity index is 1.84. The van der Waals surface area contributed by atoms with E-state index in [1.807, 2.05) is 12.1 Å². The van der Waals surface area contributed by atoms with Crippen molar-refractivity contribution in [3.8, 4) is 0 Å². The summed E-state index contributed by atoms with van der Waals surface area (Å²) < 4.78 is 5.36. The van der Waals surface area contributed by atoms with E-state index in [2.05, 4.69) is 0 Å². The van der Waals surface area contributed by atoms with Gasteiger partial charge in [-0.3, -0.25) is 9.59 Å². The van der Waals surface area contributed by atoms with Gasteiger partial charge in [-0.25, -0.2) is 0 Å². The number of carbonyl (C=O) groups excluding carboxylic acids is 2. The summed E-state index contributed by atoms with van der Waals surface area (Å²) >= 11 is 0. The van der Waals surface area contributed by atoms with Gasteiger partial charge in [0.2, 0.25) is 0 Å². The minimum atomic E-state index is -0.249. The first-order valence-corrected chi connectivity index (χ1v) is 5.73. The van der Waals surface area contributed by atoms with E-state index in [0.717, 1.165) is 12.1 Å². The van der Waals surface area contributed by atoms with Crippen molar-refractivity contribution in [1.82, 2.24) is 0 Å². The number of hydrogen-bond donors (Lipinski definition) is 0. The molecule has 88 valence electrons. The largest absolute Gasteiger partial charge is 0.363 e. The Labute approximate surface area is 99.2 Å². The number of anilines is 1. The average molecular weight is 231 g/mol. The fourth-order valence-electron chi connectivity index (χ4n) is 2.31. The molecule has 4 rings (SSSR count). The normalized spacial score (nSPS) is 26.6. The molecule has 1 aromatic carbocycles. The van der Waals surface area contributed by atoms with Gasteiger partial charge in [0.25, 0.3) is 5.91 Å². The topological polar surface area (TPSA) is 46.6 Å². The highest BCUT2D eigenvalue weighted by Crippen LogP contribution is 2.32. The Morgan fingerprint density at radius 3 is 2.53 bits per heavy atom. The predicted molar refractivity (Wildman–Crippen MR) is 62.1 cm³/mol. The second-order valence-corrected chi connectivity index (χ2v) is 4.53. The second kappa shape index (κ2) is 3.67. The van der Waals surface area contributed by atoms with Crippen LogP contribution < -0.4 is 4.90 Å². The molecule has 0 saturated carbocycles. The van der Waals surface area contributed by atoms with Crippen LogP contribution in [-0.4, -0.2) is 30.4 Å². The molecular formula is C13H13NO3. The zero-order chi connectivity index (χ0) is 12.0. The van der Waals surface area contributed by atoms with Crippen molar-refractivity contribution >= 4 is 17.4 Å². The molecular weight excluding hydrogens is 218 g/mol. The molecule has 3 fully saturated rings. The molecule has 4 nitrogen and oxygen atoms in total. The number of ketones is 1. The van der Waals surface area contributed by atoms with E-state index in [-0.39, 0.29) is 23.9 Å². The number of piperidine rings is 1. The molecule has 17 heavy (non-hydrogen) atoms. The van der Waals surface area contributed by atoms with Crippen molar-refractivity contribution in [3.05, 3.63) is 29.8 Å². The lowest BCUT2D eigenvalue weighted by Crippen LogP contribution is -2.61. The van der Waals surface area contributed by atoms with Crippen molar-refractivity contribution in [2.24, 2.45) is 0 Å². The van der Waals surface area contributed by atoms with Crippen LogP contribution in [0.2, 0.25) is 0 Å². The summed E-state index contributed by atoms with van der Waals surface area (Å²) in [5.41, 5.74) is 1.51. The van der Waals surface area contributed by atoms with Gasteiger partial charge in [-0.2, -0.15) is 0 Å². The first-order chi connectivity index (χ1) is 8.15. The zero-order valence-electron chi connectivity index (χ0n) is 9.55. The monoisotopic (exact) mass is 231 g/mol. The lowest BCUT2D eigenvalue weighted by Gasteiger charge is -2.45. The standard InChI is InChI=1S/C13H13NO3/c1-8(15)9-2-4-10(5-3-9)14-7-11-6-12(17-11)13(14)16/h2-5,11-12H,6-7H2,1H3. The summed E-state index contributed by atoms with van der Waals surface area (Å²) in [5, 5.41) is 0. The average Bonchev–Trinajstić information content (AvgIpc) is 2.28. The first kappa shape index (κ1) is 10.5. The third-order valence-electron chi connectivity index (χ3n) is 3.35. The van der Waals surface area contributed by atoms with E-state index in [1.54, 1.807) is 17.0 Å². The fourth-order valence-corrected chi connectivity index (χ4v) is 2.31. The van der Waals surface area contributed by atoms with Gasteiger partial charge in [-0.05, 0) is 31.2 Å². The summed E-state index contributed by atoms with van der Waals surface area (Å²) in [6.07, 6.45) is 0.785. The van der Waals surface area contributed by atoms with Crippen LogP contribution in [0.15, 0.2) is 24.3 Å². The van der Waals surface area contributed by atoms with Gasteiger partial charge in [0.1, 0.15) is 6.10 Å². The molecule has 3 saturated heterocycles. The van der Waals surface area contributed by atoms with E-state index < -0.39 is 0 Å². The summed E-state index contributed by atoms with van der Waals surface area (Å²) in [6, 6.07) is 7.15. The van der Waals surface area contributed by atoms with Crippen LogP contribution in [0.1, 0.15) is 23.7 Å². The van der Waals surface area contributed by atoms with Gasteiger partial charge in [-0.15, -0.1) is 0 Å². The van der Waals surface area contributed by atoms with Gasteiger partial charge in [-0.1, -0.05) is 0 Å². The molecule has 2 bridgehead atoms. The highest BCUT2D eigenvalue weighted by atomic mass is 16.5. The van der Waals surface area contributed by atoms with E-state index >= 15 is 0 Å². The molecule has 1 aromatic rings. The Bertz CT molecular complexity index is 474. The SMILES string of the molecule is CC(=O)c1ccc(N2CC3CC(O3)C2=O)cc1. The summed E-state index contributed by atoms with van der Waals surface area (Å²) in [4.78, 5) is 24.8. The molecule has 3 aliphatic heterocycles. The van der Waals surface area contributed by atoms with E-state index in [1.165, 1.54) is 6.92 Å². The number of benzene rings is 1. The highest BCUT2D eigenvalue weighted by Gasteiger charge is 2.45. The van der Waals surface area contributed by atoms with Gasteiger partial charge in [0.05, 0.1) is 12.6 Å². The number of fused-ring (bicyclic) bond motifs is 2. The van der Waals surface area contributed by atoms with Gasteiger partial charge in [0, 0.05) is 17.7 Å². The maximum atomic E-state index is 11.9. The van der Waals surface area contributed by atoms with E-state index in [0.29, 0.717) is 12.1 Å². The Hall–Kier alpha value is -1.68. The molecule has 2 unspecified atom stereocenters. The van der Waals surface area contributed by atoms with Crippen molar-refractivity contribution in [2.45, 2.75) is 25.6 Å². The molecule has 0 aliphatic carbocycles. The predicted octanol–water partition coefficient (Wildman–Crippen LogP) is 1.39. The Kier molecular flexibility index (Phi) is 2.26. The molecule has 0 N–H and O–H groups in total. The molecule has 2 atom stereocenters. The molecule has 3 aliphatic rings. The summed E-state index contributed by atoms with van der Waals surface area (Å²) in [7, 11) is 0. The fraction of sp³-hybridized carbons (Fsp3) is 0.385. The molecule has 0 aromatic heterocycles. The van der Waals surface area contributed by atoms with Crippen LogP contribution in [0.5, 0.6) is 0 Å². The molecule has 3 heterocycles. The Morgan fingerprint density at radius 2 is 2.00 bits per heavy atom. The van der Waals surface area contributed by atoms with Crippen LogP contribution in [0.4, 0.5) is 5.69 Å². The van der Waals surface area contributed by atoms with Crippen molar-refractivity contribution < 1.29 is 14.3 Å². The van der Waals surface area contributed by atoms with Crippen LogP contribution in [-0.2, 0) is 9.53 Å².